The predicted octanol–water partition coefficient (Wildman–Crippen LogP) is 5.40. The monoisotopic (exact) mass is 491 g/mol. The molecule has 1 aliphatic heterocycles. The third-order valence-corrected chi connectivity index (χ3v) is 7.21. The van der Waals surface area contributed by atoms with Crippen LogP contribution in [0, 0.1) is 0 Å². The third kappa shape index (κ3) is 5.61. The molecular formula is C29H37N3O4. The summed E-state index contributed by atoms with van der Waals surface area (Å²) in [5.41, 5.74) is 5.99. The summed E-state index contributed by atoms with van der Waals surface area (Å²) < 4.78 is 6.00. The Hall–Kier alpha value is -3.61. The van der Waals surface area contributed by atoms with E-state index in [4.69, 9.17) is 4.74 Å². The maximum Gasteiger partial charge on any atom is 0.282 e. The molecule has 0 saturated carbocycles. The zero-order chi connectivity index (χ0) is 26.7. The van der Waals surface area contributed by atoms with Gasteiger partial charge in [-0.3, -0.25) is 19.8 Å². The van der Waals surface area contributed by atoms with Gasteiger partial charge < -0.3 is 10.1 Å². The van der Waals surface area contributed by atoms with E-state index in [1.807, 2.05) is 6.07 Å². The SMILES string of the molecule is C/C=C1/C(=O)NN(c2ccc(NC(=O)COc3ccc(C(C)(C)CC)cc3C(C)(C)CC)cc2)C1=O. The van der Waals surface area contributed by atoms with Crippen molar-refractivity contribution in [3.8, 4) is 5.75 Å². The molecule has 0 spiro atoms. The predicted molar refractivity (Wildman–Crippen MR) is 143 cm³/mol. The van der Waals surface area contributed by atoms with Crippen LogP contribution in [0.3, 0.4) is 0 Å². The zero-order valence-corrected chi connectivity index (χ0v) is 22.3. The second-order valence-corrected chi connectivity index (χ2v) is 10.4. The Bertz CT molecular complexity index is 1180. The first kappa shape index (κ1) is 27.0. The highest BCUT2D eigenvalue weighted by molar-refractivity contribution is 6.29. The standard InChI is InChI=1S/C29H37N3O4/c1-8-22-26(34)31-32(27(22)35)21-14-12-20(13-15-21)30-25(33)18-36-24-16-11-19(28(4,5)9-2)17-23(24)29(6,7)10-3/h8,11-17H,9-10,18H2,1-7H3,(H,30,33)(H,31,34)/b22-8-. The largest absolute Gasteiger partial charge is 0.483 e. The van der Waals surface area contributed by atoms with Gasteiger partial charge in [-0.25, -0.2) is 5.01 Å². The van der Waals surface area contributed by atoms with Crippen LogP contribution in [0.1, 0.15) is 72.4 Å². The Balaban J connectivity index is 1.69. The number of benzene rings is 2. The van der Waals surface area contributed by atoms with Gasteiger partial charge in [-0.2, -0.15) is 0 Å². The van der Waals surface area contributed by atoms with Gasteiger partial charge in [0.05, 0.1) is 5.69 Å². The van der Waals surface area contributed by atoms with Gasteiger partial charge in [0.1, 0.15) is 11.3 Å². The normalized spacial score (nSPS) is 15.3. The van der Waals surface area contributed by atoms with Gasteiger partial charge in [-0.1, -0.05) is 59.8 Å². The van der Waals surface area contributed by atoms with Crippen molar-refractivity contribution in [3.05, 3.63) is 65.2 Å². The molecule has 2 aromatic carbocycles. The number of ether oxygens (including phenoxy) is 1. The second kappa shape index (κ2) is 10.6. The second-order valence-electron chi connectivity index (χ2n) is 10.4. The Kier molecular flexibility index (Phi) is 7.92. The smallest absolute Gasteiger partial charge is 0.282 e. The highest BCUT2D eigenvalue weighted by Crippen LogP contribution is 2.38. The molecule has 0 bridgehead atoms. The van der Waals surface area contributed by atoms with E-state index in [9.17, 15) is 14.4 Å². The molecule has 0 unspecified atom stereocenters. The summed E-state index contributed by atoms with van der Waals surface area (Å²) in [6.45, 7) is 14.7. The van der Waals surface area contributed by atoms with Gasteiger partial charge >= 0.3 is 0 Å². The van der Waals surface area contributed by atoms with Crippen LogP contribution >= 0.6 is 0 Å². The first-order valence-corrected chi connectivity index (χ1v) is 12.4. The maximum absolute atomic E-state index is 12.6. The number of anilines is 2. The van der Waals surface area contributed by atoms with Crippen LogP contribution in [0.15, 0.2) is 54.1 Å². The minimum absolute atomic E-state index is 0.0531. The summed E-state index contributed by atoms with van der Waals surface area (Å²) in [6, 6.07) is 12.9. The van der Waals surface area contributed by atoms with E-state index in [-0.39, 0.29) is 28.9 Å². The maximum atomic E-state index is 12.6. The highest BCUT2D eigenvalue weighted by Gasteiger charge is 2.33. The van der Waals surface area contributed by atoms with Gasteiger partial charge in [-0.15, -0.1) is 0 Å². The number of amides is 3. The van der Waals surface area contributed by atoms with Gasteiger partial charge in [0.25, 0.3) is 17.7 Å². The Morgan fingerprint density at radius 2 is 1.64 bits per heavy atom. The summed E-state index contributed by atoms with van der Waals surface area (Å²) in [6.07, 6.45) is 3.44. The molecule has 36 heavy (non-hydrogen) atoms. The van der Waals surface area contributed by atoms with Crippen molar-refractivity contribution in [1.82, 2.24) is 5.43 Å². The molecule has 0 aromatic heterocycles. The van der Waals surface area contributed by atoms with E-state index in [0.717, 1.165) is 18.4 Å². The van der Waals surface area contributed by atoms with Crippen LogP contribution in [0.4, 0.5) is 11.4 Å². The molecule has 1 fully saturated rings. The van der Waals surface area contributed by atoms with Gasteiger partial charge in [0, 0.05) is 11.3 Å². The van der Waals surface area contributed by atoms with Crippen molar-refractivity contribution in [3.63, 3.8) is 0 Å². The van der Waals surface area contributed by atoms with Gasteiger partial charge in [0.15, 0.2) is 6.61 Å². The molecule has 7 heteroatoms. The molecule has 3 rings (SSSR count). The number of carbonyl (C=O) groups excluding carboxylic acids is 3. The number of hydrogen-bond donors (Lipinski definition) is 2. The molecule has 1 heterocycles. The molecule has 0 atom stereocenters. The van der Waals surface area contributed by atoms with Crippen LogP contribution in [0.5, 0.6) is 5.75 Å². The average molecular weight is 492 g/mol. The lowest BCUT2D eigenvalue weighted by molar-refractivity contribution is -0.118. The molecule has 2 aromatic rings. The molecule has 0 radical (unpaired) electrons. The highest BCUT2D eigenvalue weighted by atomic mass is 16.5. The van der Waals surface area contributed by atoms with E-state index in [2.05, 4.69) is 64.4 Å². The molecule has 1 saturated heterocycles. The number of allylic oxidation sites excluding steroid dienone is 1. The average Bonchev–Trinajstić information content (AvgIpc) is 3.15. The first-order valence-electron chi connectivity index (χ1n) is 12.4. The summed E-state index contributed by atoms with van der Waals surface area (Å²) in [4.78, 5) is 36.8. The van der Waals surface area contributed by atoms with E-state index in [0.29, 0.717) is 17.1 Å². The summed E-state index contributed by atoms with van der Waals surface area (Å²) in [7, 11) is 0. The Morgan fingerprint density at radius 3 is 2.19 bits per heavy atom. The van der Waals surface area contributed by atoms with E-state index < -0.39 is 11.8 Å². The summed E-state index contributed by atoms with van der Waals surface area (Å²) in [5.74, 6) is -0.422. The van der Waals surface area contributed by atoms with Crippen LogP contribution in [-0.4, -0.2) is 24.3 Å². The van der Waals surface area contributed by atoms with Crippen molar-refractivity contribution in [2.75, 3.05) is 16.9 Å². The zero-order valence-electron chi connectivity index (χ0n) is 22.3. The van der Waals surface area contributed by atoms with E-state index in [1.165, 1.54) is 16.6 Å². The van der Waals surface area contributed by atoms with Crippen LogP contribution in [0.2, 0.25) is 0 Å². The van der Waals surface area contributed by atoms with Gasteiger partial charge in [0.2, 0.25) is 0 Å². The number of nitrogens with one attached hydrogen (secondary N) is 2. The number of hydrazine groups is 1. The fraction of sp³-hybridized carbons (Fsp3) is 0.414. The van der Waals surface area contributed by atoms with Crippen LogP contribution in [0.25, 0.3) is 0 Å². The minimum atomic E-state index is -0.436. The molecule has 192 valence electrons. The van der Waals surface area contributed by atoms with Crippen LogP contribution in [-0.2, 0) is 25.2 Å². The number of nitrogens with zero attached hydrogens (tertiary/aromatic N) is 1. The molecule has 0 aliphatic carbocycles. The molecule has 7 nitrogen and oxygen atoms in total. The van der Waals surface area contributed by atoms with Crippen molar-refractivity contribution >= 4 is 29.1 Å². The fourth-order valence-corrected chi connectivity index (χ4v) is 3.90. The van der Waals surface area contributed by atoms with Gasteiger partial charge in [-0.05, 0) is 66.5 Å². The quantitative estimate of drug-likeness (QED) is 0.363. The lowest BCUT2D eigenvalue weighted by atomic mass is 9.76. The topological polar surface area (TPSA) is 87.7 Å². The fourth-order valence-electron chi connectivity index (χ4n) is 3.90. The third-order valence-electron chi connectivity index (χ3n) is 7.21. The molecule has 1 aliphatic rings. The molecular weight excluding hydrogens is 454 g/mol. The summed E-state index contributed by atoms with van der Waals surface area (Å²) >= 11 is 0. The number of carbonyl (C=O) groups is 3. The molecule has 3 amide bonds. The van der Waals surface area contributed by atoms with Crippen molar-refractivity contribution < 1.29 is 19.1 Å². The van der Waals surface area contributed by atoms with Crippen molar-refractivity contribution in [2.24, 2.45) is 0 Å². The number of rotatable bonds is 9. The van der Waals surface area contributed by atoms with Crippen molar-refractivity contribution in [2.45, 2.75) is 72.1 Å². The Labute approximate surface area is 213 Å². The minimum Gasteiger partial charge on any atom is -0.483 e. The van der Waals surface area contributed by atoms with E-state index in [1.54, 1.807) is 31.2 Å². The summed E-state index contributed by atoms with van der Waals surface area (Å²) in [5, 5.41) is 4.01. The number of hydrogen-bond acceptors (Lipinski definition) is 4. The first-order chi connectivity index (χ1) is 16.9. The molecule has 2 N–H and O–H groups in total. The lowest BCUT2D eigenvalue weighted by Gasteiger charge is -2.30. The van der Waals surface area contributed by atoms with Crippen molar-refractivity contribution in [1.29, 1.82) is 0 Å². The Morgan fingerprint density at radius 1 is 1.00 bits per heavy atom. The lowest BCUT2D eigenvalue weighted by Crippen LogP contribution is -2.35. The van der Waals surface area contributed by atoms with E-state index >= 15 is 0 Å². The van der Waals surface area contributed by atoms with Crippen LogP contribution < -0.4 is 20.5 Å².